The summed E-state index contributed by atoms with van der Waals surface area (Å²) >= 11 is 0. The maximum atomic E-state index is 13.0. The van der Waals surface area contributed by atoms with E-state index in [4.69, 9.17) is 4.74 Å². The van der Waals surface area contributed by atoms with Crippen molar-refractivity contribution in [1.82, 2.24) is 4.90 Å². The SMILES string of the molecule is C[C@H](c1ccccc1)N(Cc1ccccc1)[C@H](c1ccccc1)[C@H](O)C(=O)OC(C)(C)C. The lowest BCUT2D eigenvalue weighted by Crippen LogP contribution is -2.44. The first-order valence-electron chi connectivity index (χ1n) is 11.1. The van der Waals surface area contributed by atoms with Crippen LogP contribution in [0.3, 0.4) is 0 Å². The molecule has 0 fully saturated rings. The van der Waals surface area contributed by atoms with E-state index in [1.165, 1.54) is 0 Å². The molecule has 0 aromatic heterocycles. The van der Waals surface area contributed by atoms with Gasteiger partial charge in [-0.1, -0.05) is 91.0 Å². The van der Waals surface area contributed by atoms with Gasteiger partial charge in [0.2, 0.25) is 0 Å². The van der Waals surface area contributed by atoms with Crippen LogP contribution >= 0.6 is 0 Å². The van der Waals surface area contributed by atoms with Crippen molar-refractivity contribution >= 4 is 5.97 Å². The van der Waals surface area contributed by atoms with Crippen LogP contribution in [0.5, 0.6) is 0 Å². The topological polar surface area (TPSA) is 49.8 Å². The molecule has 168 valence electrons. The van der Waals surface area contributed by atoms with Crippen LogP contribution in [0.15, 0.2) is 91.0 Å². The Labute approximate surface area is 191 Å². The monoisotopic (exact) mass is 431 g/mol. The van der Waals surface area contributed by atoms with Gasteiger partial charge in [0, 0.05) is 12.6 Å². The van der Waals surface area contributed by atoms with Gasteiger partial charge in [-0.2, -0.15) is 0 Å². The van der Waals surface area contributed by atoms with Gasteiger partial charge in [-0.25, -0.2) is 4.79 Å². The summed E-state index contributed by atoms with van der Waals surface area (Å²) in [5.41, 5.74) is 2.40. The van der Waals surface area contributed by atoms with Gasteiger partial charge in [0.25, 0.3) is 0 Å². The first-order valence-corrected chi connectivity index (χ1v) is 11.1. The van der Waals surface area contributed by atoms with Crippen molar-refractivity contribution in [3.05, 3.63) is 108 Å². The van der Waals surface area contributed by atoms with Crippen molar-refractivity contribution in [3.63, 3.8) is 0 Å². The Morgan fingerprint density at radius 1 is 0.844 bits per heavy atom. The Bertz CT molecular complexity index is 968. The molecule has 0 saturated carbocycles. The van der Waals surface area contributed by atoms with Crippen LogP contribution in [-0.4, -0.2) is 27.7 Å². The zero-order chi connectivity index (χ0) is 23.1. The molecule has 0 heterocycles. The third-order valence-corrected chi connectivity index (χ3v) is 5.43. The standard InChI is InChI=1S/C28H33NO3/c1-21(23-16-10-6-11-17-23)29(20-22-14-8-5-9-15-22)25(24-18-12-7-13-19-24)26(30)27(31)32-28(2,3)4/h5-19,21,25-26,30H,20H2,1-4H3/t21-,25-,26+/m1/s1. The van der Waals surface area contributed by atoms with Crippen LogP contribution in [0.25, 0.3) is 0 Å². The van der Waals surface area contributed by atoms with Crippen molar-refractivity contribution < 1.29 is 14.6 Å². The molecule has 0 amide bonds. The lowest BCUT2D eigenvalue weighted by Gasteiger charge is -2.39. The van der Waals surface area contributed by atoms with Crippen LogP contribution in [-0.2, 0) is 16.1 Å². The first kappa shape index (κ1) is 23.7. The Kier molecular flexibility index (Phi) is 7.84. The minimum Gasteiger partial charge on any atom is -0.458 e. The molecule has 0 bridgehead atoms. The van der Waals surface area contributed by atoms with Crippen LogP contribution in [0.4, 0.5) is 0 Å². The summed E-state index contributed by atoms with van der Waals surface area (Å²) in [6, 6.07) is 29.3. The van der Waals surface area contributed by atoms with E-state index < -0.39 is 23.7 Å². The second-order valence-electron chi connectivity index (χ2n) is 9.08. The van der Waals surface area contributed by atoms with Gasteiger partial charge in [0.05, 0.1) is 6.04 Å². The summed E-state index contributed by atoms with van der Waals surface area (Å²) in [7, 11) is 0. The Morgan fingerprint density at radius 2 is 1.31 bits per heavy atom. The molecule has 4 nitrogen and oxygen atoms in total. The summed E-state index contributed by atoms with van der Waals surface area (Å²) in [5.74, 6) is -0.621. The van der Waals surface area contributed by atoms with Crippen LogP contribution < -0.4 is 0 Å². The van der Waals surface area contributed by atoms with Crippen molar-refractivity contribution in [1.29, 1.82) is 0 Å². The number of esters is 1. The predicted octanol–water partition coefficient (Wildman–Crippen LogP) is 5.69. The molecule has 3 aromatic rings. The van der Waals surface area contributed by atoms with Crippen LogP contribution in [0.2, 0.25) is 0 Å². The fraction of sp³-hybridized carbons (Fsp3) is 0.321. The molecule has 0 aliphatic heterocycles. The van der Waals surface area contributed by atoms with Crippen LogP contribution in [0.1, 0.15) is 56.5 Å². The summed E-state index contributed by atoms with van der Waals surface area (Å²) in [5, 5.41) is 11.3. The molecule has 0 radical (unpaired) electrons. The maximum absolute atomic E-state index is 13.0. The molecule has 0 unspecified atom stereocenters. The second-order valence-corrected chi connectivity index (χ2v) is 9.08. The molecule has 1 N–H and O–H groups in total. The number of aliphatic hydroxyl groups excluding tert-OH is 1. The summed E-state index contributed by atoms with van der Waals surface area (Å²) in [4.78, 5) is 15.2. The fourth-order valence-electron chi connectivity index (χ4n) is 3.89. The molecule has 4 heteroatoms. The first-order chi connectivity index (χ1) is 15.3. The largest absolute Gasteiger partial charge is 0.458 e. The number of nitrogens with zero attached hydrogens (tertiary/aromatic N) is 1. The van der Waals surface area contributed by atoms with E-state index in [1.54, 1.807) is 0 Å². The lowest BCUT2D eigenvalue weighted by molar-refractivity contribution is -0.170. The molecule has 0 saturated heterocycles. The van der Waals surface area contributed by atoms with Crippen molar-refractivity contribution in [2.75, 3.05) is 0 Å². The van der Waals surface area contributed by atoms with E-state index in [-0.39, 0.29) is 6.04 Å². The van der Waals surface area contributed by atoms with Gasteiger partial charge in [-0.3, -0.25) is 4.90 Å². The number of carbonyl (C=O) groups excluding carboxylic acids is 1. The Hall–Kier alpha value is -2.95. The fourth-order valence-corrected chi connectivity index (χ4v) is 3.89. The summed E-state index contributed by atoms with van der Waals surface area (Å²) in [6.45, 7) is 8.10. The van der Waals surface area contributed by atoms with Gasteiger partial charge >= 0.3 is 5.97 Å². The third-order valence-electron chi connectivity index (χ3n) is 5.43. The highest BCUT2D eigenvalue weighted by molar-refractivity contribution is 5.76. The third kappa shape index (κ3) is 6.28. The zero-order valence-electron chi connectivity index (χ0n) is 19.3. The average Bonchev–Trinajstić information content (AvgIpc) is 2.79. The molecule has 0 aliphatic rings. The van der Waals surface area contributed by atoms with E-state index in [1.807, 2.05) is 87.5 Å². The van der Waals surface area contributed by atoms with Gasteiger partial charge in [0.1, 0.15) is 5.60 Å². The minimum absolute atomic E-state index is 0.0568. The molecule has 32 heavy (non-hydrogen) atoms. The normalized spacial score (nSPS) is 14.6. The number of carbonyl (C=O) groups is 1. The van der Waals surface area contributed by atoms with Crippen molar-refractivity contribution in [2.45, 2.75) is 58.0 Å². The highest BCUT2D eigenvalue weighted by atomic mass is 16.6. The molecule has 0 spiro atoms. The van der Waals surface area contributed by atoms with E-state index >= 15 is 0 Å². The molecule has 0 aliphatic carbocycles. The zero-order valence-corrected chi connectivity index (χ0v) is 19.3. The molecular formula is C28H33NO3. The second kappa shape index (κ2) is 10.6. The highest BCUT2D eigenvalue weighted by Gasteiger charge is 2.37. The van der Waals surface area contributed by atoms with Crippen molar-refractivity contribution in [2.24, 2.45) is 0 Å². The highest BCUT2D eigenvalue weighted by Crippen LogP contribution is 2.35. The van der Waals surface area contributed by atoms with E-state index in [2.05, 4.69) is 36.1 Å². The molecule has 3 aromatic carbocycles. The van der Waals surface area contributed by atoms with Gasteiger partial charge in [-0.05, 0) is 44.4 Å². The predicted molar refractivity (Wildman–Crippen MR) is 128 cm³/mol. The Morgan fingerprint density at radius 3 is 1.81 bits per heavy atom. The van der Waals surface area contributed by atoms with Crippen LogP contribution in [0, 0.1) is 0 Å². The minimum atomic E-state index is -1.34. The number of hydrogen-bond acceptors (Lipinski definition) is 4. The summed E-state index contributed by atoms with van der Waals surface area (Å²) in [6.07, 6.45) is -1.34. The maximum Gasteiger partial charge on any atom is 0.337 e. The lowest BCUT2D eigenvalue weighted by atomic mass is 9.95. The number of benzene rings is 3. The Balaban J connectivity index is 2.06. The van der Waals surface area contributed by atoms with Gasteiger partial charge in [-0.15, -0.1) is 0 Å². The number of hydrogen-bond donors (Lipinski definition) is 1. The average molecular weight is 432 g/mol. The number of rotatable bonds is 8. The molecule has 3 atom stereocenters. The number of aliphatic hydroxyl groups is 1. The van der Waals surface area contributed by atoms with E-state index in [9.17, 15) is 9.90 Å². The van der Waals surface area contributed by atoms with E-state index in [0.29, 0.717) is 6.54 Å². The molecule has 3 rings (SSSR count). The van der Waals surface area contributed by atoms with Gasteiger partial charge in [0.15, 0.2) is 6.10 Å². The smallest absolute Gasteiger partial charge is 0.337 e. The summed E-state index contributed by atoms with van der Waals surface area (Å²) < 4.78 is 5.57. The van der Waals surface area contributed by atoms with Crippen molar-refractivity contribution in [3.8, 4) is 0 Å². The quantitative estimate of drug-likeness (QED) is 0.465. The van der Waals surface area contributed by atoms with E-state index in [0.717, 1.165) is 16.7 Å². The molecular weight excluding hydrogens is 398 g/mol. The number of ether oxygens (including phenoxy) is 1. The van der Waals surface area contributed by atoms with Gasteiger partial charge < -0.3 is 9.84 Å².